The van der Waals surface area contributed by atoms with E-state index in [4.69, 9.17) is 0 Å². The summed E-state index contributed by atoms with van der Waals surface area (Å²) in [5.41, 5.74) is 0.197. The zero-order chi connectivity index (χ0) is 14.0. The summed E-state index contributed by atoms with van der Waals surface area (Å²) in [4.78, 5) is 11.8. The molecule has 0 aliphatic carbocycles. The van der Waals surface area contributed by atoms with Crippen molar-refractivity contribution < 1.29 is 9.50 Å². The number of nitrogens with one attached hydrogen (secondary N) is 1. The molecule has 7 heteroatoms. The van der Waals surface area contributed by atoms with Gasteiger partial charge in [-0.25, -0.2) is 14.3 Å². The fourth-order valence-electron chi connectivity index (χ4n) is 1.62. The number of aromatic amines is 1. The van der Waals surface area contributed by atoms with Crippen LogP contribution in [-0.4, -0.2) is 19.9 Å². The van der Waals surface area contributed by atoms with Crippen LogP contribution in [0, 0.1) is 5.82 Å². The van der Waals surface area contributed by atoms with Crippen molar-refractivity contribution in [2.75, 3.05) is 0 Å². The largest absolute Gasteiger partial charge is 0.389 e. The van der Waals surface area contributed by atoms with Crippen LogP contribution in [0.1, 0.15) is 25.5 Å². The summed E-state index contributed by atoms with van der Waals surface area (Å²) in [7, 11) is 0. The minimum Gasteiger partial charge on any atom is -0.389 e. The molecule has 2 rings (SSSR count). The molecule has 0 saturated carbocycles. The van der Waals surface area contributed by atoms with Crippen LogP contribution < -0.4 is 5.69 Å². The third kappa shape index (κ3) is 2.87. The van der Waals surface area contributed by atoms with Gasteiger partial charge in [0.15, 0.2) is 5.16 Å². The van der Waals surface area contributed by atoms with Crippen molar-refractivity contribution in [3.8, 4) is 0 Å². The van der Waals surface area contributed by atoms with E-state index in [2.05, 4.69) is 10.2 Å². The summed E-state index contributed by atoms with van der Waals surface area (Å²) >= 11 is 1.07. The van der Waals surface area contributed by atoms with E-state index >= 15 is 0 Å². The normalized spacial score (nSPS) is 12.6. The SMILES string of the molecule is CCn1c(Sc2ccc([C@H](C)O)cc2F)n[nH]c1=O. The van der Waals surface area contributed by atoms with E-state index in [0.717, 1.165) is 11.8 Å². The molecule has 0 unspecified atom stereocenters. The first-order chi connectivity index (χ1) is 9.02. The van der Waals surface area contributed by atoms with Crippen molar-refractivity contribution in [2.24, 2.45) is 0 Å². The van der Waals surface area contributed by atoms with Crippen LogP contribution in [0.15, 0.2) is 33.0 Å². The summed E-state index contributed by atoms with van der Waals surface area (Å²) in [6, 6.07) is 4.51. The van der Waals surface area contributed by atoms with Gasteiger partial charge >= 0.3 is 5.69 Å². The Kier molecular flexibility index (Phi) is 4.06. The highest BCUT2D eigenvalue weighted by Crippen LogP contribution is 2.29. The number of aliphatic hydroxyl groups is 1. The lowest BCUT2D eigenvalue weighted by Crippen LogP contribution is -2.16. The molecule has 1 aromatic carbocycles. The maximum atomic E-state index is 13.9. The standard InChI is InChI=1S/C12H14FN3O2S/c1-3-16-11(18)14-15-12(16)19-10-5-4-8(7(2)17)6-9(10)13/h4-7,17H,3H2,1-2H3,(H,14,18)/t7-/m0/s1. The Morgan fingerprint density at radius 2 is 2.32 bits per heavy atom. The predicted octanol–water partition coefficient (Wildman–Crippen LogP) is 1.93. The minimum absolute atomic E-state index is 0.314. The highest BCUT2D eigenvalue weighted by molar-refractivity contribution is 7.99. The Hall–Kier alpha value is -1.60. The van der Waals surface area contributed by atoms with Crippen molar-refractivity contribution in [1.29, 1.82) is 0 Å². The summed E-state index contributed by atoms with van der Waals surface area (Å²) in [6.07, 6.45) is -0.715. The van der Waals surface area contributed by atoms with Gasteiger partial charge in [-0.05, 0) is 43.3 Å². The highest BCUT2D eigenvalue weighted by Gasteiger charge is 2.13. The van der Waals surface area contributed by atoms with E-state index in [-0.39, 0.29) is 5.69 Å². The molecule has 0 amide bonds. The molecule has 0 spiro atoms. The van der Waals surface area contributed by atoms with Crippen molar-refractivity contribution >= 4 is 11.8 Å². The Labute approximate surface area is 113 Å². The summed E-state index contributed by atoms with van der Waals surface area (Å²) in [5, 5.41) is 16.0. The van der Waals surface area contributed by atoms with E-state index in [1.165, 1.54) is 10.6 Å². The van der Waals surface area contributed by atoms with Gasteiger partial charge in [-0.1, -0.05) is 6.07 Å². The fraction of sp³-hybridized carbons (Fsp3) is 0.333. The summed E-state index contributed by atoms with van der Waals surface area (Å²) in [5.74, 6) is -0.443. The molecule has 5 nitrogen and oxygen atoms in total. The van der Waals surface area contributed by atoms with Crippen LogP contribution in [0.2, 0.25) is 0 Å². The minimum atomic E-state index is -0.715. The third-order valence-electron chi connectivity index (χ3n) is 2.68. The van der Waals surface area contributed by atoms with Crippen LogP contribution in [0.5, 0.6) is 0 Å². The van der Waals surface area contributed by atoms with Crippen LogP contribution >= 0.6 is 11.8 Å². The van der Waals surface area contributed by atoms with Crippen molar-refractivity contribution in [2.45, 2.75) is 36.5 Å². The number of rotatable bonds is 4. The van der Waals surface area contributed by atoms with Crippen molar-refractivity contribution in [3.63, 3.8) is 0 Å². The van der Waals surface area contributed by atoms with E-state index < -0.39 is 11.9 Å². The number of H-pyrrole nitrogens is 1. The van der Waals surface area contributed by atoms with E-state index in [1.54, 1.807) is 19.1 Å². The van der Waals surface area contributed by atoms with E-state index in [9.17, 15) is 14.3 Å². The molecule has 19 heavy (non-hydrogen) atoms. The maximum Gasteiger partial charge on any atom is 0.343 e. The molecule has 102 valence electrons. The number of nitrogens with zero attached hydrogens (tertiary/aromatic N) is 2. The molecule has 0 aliphatic heterocycles. The number of aromatic nitrogens is 3. The van der Waals surface area contributed by atoms with Crippen LogP contribution in [-0.2, 0) is 6.54 Å². The number of halogens is 1. The van der Waals surface area contributed by atoms with Gasteiger partial charge in [0.2, 0.25) is 0 Å². The lowest BCUT2D eigenvalue weighted by molar-refractivity contribution is 0.198. The molecular weight excluding hydrogens is 269 g/mol. The second kappa shape index (κ2) is 5.58. The first-order valence-electron chi connectivity index (χ1n) is 5.83. The van der Waals surface area contributed by atoms with Gasteiger partial charge in [0, 0.05) is 6.54 Å². The monoisotopic (exact) mass is 283 g/mol. The quantitative estimate of drug-likeness (QED) is 0.899. The van der Waals surface area contributed by atoms with Gasteiger partial charge in [0.25, 0.3) is 0 Å². The molecule has 0 fully saturated rings. The van der Waals surface area contributed by atoms with Crippen molar-refractivity contribution in [3.05, 3.63) is 40.1 Å². The number of hydrogen-bond acceptors (Lipinski definition) is 4. The van der Waals surface area contributed by atoms with Crippen LogP contribution in [0.3, 0.4) is 0 Å². The average molecular weight is 283 g/mol. The smallest absolute Gasteiger partial charge is 0.343 e. The Balaban J connectivity index is 2.31. The molecule has 1 aromatic heterocycles. The third-order valence-corrected chi connectivity index (χ3v) is 3.72. The summed E-state index contributed by atoms with van der Waals surface area (Å²) in [6.45, 7) is 3.85. The molecule has 1 heterocycles. The molecule has 2 N–H and O–H groups in total. The molecule has 0 radical (unpaired) electrons. The van der Waals surface area contributed by atoms with Crippen LogP contribution in [0.25, 0.3) is 0 Å². The number of benzene rings is 1. The van der Waals surface area contributed by atoms with Gasteiger partial charge < -0.3 is 5.11 Å². The Morgan fingerprint density at radius 3 is 2.89 bits per heavy atom. The molecule has 0 bridgehead atoms. The summed E-state index contributed by atoms with van der Waals surface area (Å²) < 4.78 is 15.3. The second-order valence-electron chi connectivity index (χ2n) is 4.02. The molecule has 0 saturated heterocycles. The van der Waals surface area contributed by atoms with Gasteiger partial charge in [-0.15, -0.1) is 5.10 Å². The molecule has 2 aromatic rings. The molecule has 1 atom stereocenters. The van der Waals surface area contributed by atoms with Gasteiger partial charge in [-0.3, -0.25) is 4.57 Å². The Morgan fingerprint density at radius 1 is 1.58 bits per heavy atom. The molecular formula is C12H14FN3O2S. The van der Waals surface area contributed by atoms with Crippen molar-refractivity contribution in [1.82, 2.24) is 14.8 Å². The number of hydrogen-bond donors (Lipinski definition) is 2. The number of aliphatic hydroxyl groups excluding tert-OH is 1. The first kappa shape index (κ1) is 13.8. The Bertz CT molecular complexity index is 636. The highest BCUT2D eigenvalue weighted by atomic mass is 32.2. The van der Waals surface area contributed by atoms with Crippen LogP contribution in [0.4, 0.5) is 4.39 Å². The van der Waals surface area contributed by atoms with Gasteiger partial charge in [-0.2, -0.15) is 0 Å². The average Bonchev–Trinajstić information content (AvgIpc) is 2.72. The zero-order valence-electron chi connectivity index (χ0n) is 10.6. The van der Waals surface area contributed by atoms with E-state index in [0.29, 0.717) is 22.2 Å². The molecule has 0 aliphatic rings. The fourth-order valence-corrected chi connectivity index (χ4v) is 2.52. The first-order valence-corrected chi connectivity index (χ1v) is 6.65. The maximum absolute atomic E-state index is 13.9. The van der Waals surface area contributed by atoms with Gasteiger partial charge in [0.05, 0.1) is 11.0 Å². The zero-order valence-corrected chi connectivity index (χ0v) is 11.4. The van der Waals surface area contributed by atoms with Gasteiger partial charge in [0.1, 0.15) is 5.82 Å². The predicted molar refractivity (Wildman–Crippen MR) is 69.7 cm³/mol. The van der Waals surface area contributed by atoms with E-state index in [1.807, 2.05) is 6.92 Å². The topological polar surface area (TPSA) is 70.9 Å². The lowest BCUT2D eigenvalue weighted by Gasteiger charge is -2.07. The second-order valence-corrected chi connectivity index (χ2v) is 5.03. The lowest BCUT2D eigenvalue weighted by atomic mass is 10.1.